The largest absolute Gasteiger partial charge is 0.351 e. The van der Waals surface area contributed by atoms with Crippen LogP contribution in [-0.4, -0.2) is 31.7 Å². The molecule has 0 aromatic heterocycles. The van der Waals surface area contributed by atoms with Crippen molar-refractivity contribution in [2.75, 3.05) is 13.1 Å². The van der Waals surface area contributed by atoms with Gasteiger partial charge in [-0.05, 0) is 36.8 Å². The summed E-state index contributed by atoms with van der Waals surface area (Å²) in [5.74, 6) is -0.377. The van der Waals surface area contributed by atoms with Crippen LogP contribution in [-0.2, 0) is 21.4 Å². The van der Waals surface area contributed by atoms with E-state index in [4.69, 9.17) is 0 Å². The van der Waals surface area contributed by atoms with E-state index < -0.39 is 10.0 Å². The summed E-state index contributed by atoms with van der Waals surface area (Å²) in [4.78, 5) is 12.3. The van der Waals surface area contributed by atoms with Crippen molar-refractivity contribution in [3.8, 4) is 0 Å². The fourth-order valence-electron chi connectivity index (χ4n) is 2.28. The summed E-state index contributed by atoms with van der Waals surface area (Å²) in [7, 11) is -3.82. The van der Waals surface area contributed by atoms with E-state index in [1.54, 1.807) is 18.2 Å². The molecule has 0 saturated heterocycles. The molecule has 0 aliphatic heterocycles. The summed E-state index contributed by atoms with van der Waals surface area (Å²) in [6, 6.07) is 13.9. The monoisotopic (exact) mass is 436 g/mol. The summed E-state index contributed by atoms with van der Waals surface area (Å²) < 4.78 is 28.0. The Morgan fingerprint density at radius 3 is 2.35 bits per heavy atom. The van der Waals surface area contributed by atoms with Gasteiger partial charge in [0.15, 0.2) is 0 Å². The van der Waals surface area contributed by atoms with Crippen molar-refractivity contribution in [3.63, 3.8) is 0 Å². The molecule has 0 unspecified atom stereocenters. The Kier molecular flexibility index (Phi) is 7.14. The molecule has 0 bridgehead atoms. The molecule has 0 saturated carbocycles. The van der Waals surface area contributed by atoms with E-state index in [-0.39, 0.29) is 30.4 Å². The van der Waals surface area contributed by atoms with Gasteiger partial charge in [0.2, 0.25) is 15.9 Å². The molecule has 2 rings (SSSR count). The molecule has 0 radical (unpaired) electrons. The van der Waals surface area contributed by atoms with Crippen LogP contribution in [0.5, 0.6) is 0 Å². The first-order valence-corrected chi connectivity index (χ1v) is 10.2. The maximum absolute atomic E-state index is 13.0. The van der Waals surface area contributed by atoms with E-state index in [1.165, 1.54) is 16.4 Å². The Hall–Kier alpha value is -1.96. The number of carbonyl (C=O) groups excluding carboxylic acids is 1. The van der Waals surface area contributed by atoms with E-state index >= 15 is 0 Å². The van der Waals surface area contributed by atoms with Crippen molar-refractivity contribution >= 4 is 31.9 Å². The Morgan fingerprint density at radius 1 is 1.15 bits per heavy atom. The van der Waals surface area contributed by atoms with E-state index in [0.717, 1.165) is 15.6 Å². The maximum Gasteiger partial charge on any atom is 0.243 e. The molecule has 0 aliphatic carbocycles. The molecule has 0 spiro atoms. The van der Waals surface area contributed by atoms with Gasteiger partial charge in [0.05, 0.1) is 11.4 Å². The van der Waals surface area contributed by atoms with E-state index in [9.17, 15) is 13.2 Å². The number of nitrogens with zero attached hydrogens (tertiary/aromatic N) is 1. The van der Waals surface area contributed by atoms with E-state index in [2.05, 4.69) is 27.8 Å². The van der Waals surface area contributed by atoms with Crippen molar-refractivity contribution < 1.29 is 13.2 Å². The quantitative estimate of drug-likeness (QED) is 0.645. The Morgan fingerprint density at radius 2 is 1.77 bits per heavy atom. The number of aryl methyl sites for hydroxylation is 1. The molecule has 1 N–H and O–H groups in total. The van der Waals surface area contributed by atoms with Crippen LogP contribution in [0.1, 0.15) is 11.1 Å². The third-order valence-corrected chi connectivity index (χ3v) is 6.03. The summed E-state index contributed by atoms with van der Waals surface area (Å²) in [6.07, 6.45) is 1.55. The number of hydrogen-bond acceptors (Lipinski definition) is 3. The number of rotatable bonds is 8. The molecule has 1 amide bonds. The van der Waals surface area contributed by atoms with Gasteiger partial charge in [0.1, 0.15) is 0 Å². The predicted octanol–water partition coefficient (Wildman–Crippen LogP) is 3.25. The average Bonchev–Trinajstić information content (AvgIpc) is 2.61. The van der Waals surface area contributed by atoms with Gasteiger partial charge in [-0.15, -0.1) is 6.58 Å². The number of amides is 1. The van der Waals surface area contributed by atoms with Crippen LogP contribution in [0.4, 0.5) is 0 Å². The Bertz CT molecular complexity index is 863. The highest BCUT2D eigenvalue weighted by atomic mass is 79.9. The molecule has 26 heavy (non-hydrogen) atoms. The van der Waals surface area contributed by atoms with Crippen molar-refractivity contribution in [1.29, 1.82) is 0 Å². The third kappa shape index (κ3) is 5.52. The highest BCUT2D eigenvalue weighted by Crippen LogP contribution is 2.21. The third-order valence-electron chi connectivity index (χ3n) is 3.69. The number of benzene rings is 2. The SMILES string of the molecule is C=CCNC(=O)CN(Cc1ccc(C)cc1)S(=O)(=O)c1ccc(Br)cc1. The molecule has 2 aromatic rings. The van der Waals surface area contributed by atoms with Crippen LogP contribution in [0.2, 0.25) is 0 Å². The lowest BCUT2D eigenvalue weighted by molar-refractivity contribution is -0.121. The first-order chi connectivity index (χ1) is 12.3. The number of hydrogen-bond donors (Lipinski definition) is 1. The van der Waals surface area contributed by atoms with Gasteiger partial charge in [0.25, 0.3) is 0 Å². The second kappa shape index (κ2) is 9.12. The predicted molar refractivity (Wildman–Crippen MR) is 106 cm³/mol. The zero-order chi connectivity index (χ0) is 19.2. The summed E-state index contributed by atoms with van der Waals surface area (Å²) in [6.45, 7) is 5.64. The van der Waals surface area contributed by atoms with Crippen LogP contribution in [0.15, 0.2) is 70.6 Å². The molecule has 7 heteroatoms. The normalized spacial score (nSPS) is 11.3. The minimum absolute atomic E-state index is 0.111. The number of nitrogens with one attached hydrogen (secondary N) is 1. The first kappa shape index (κ1) is 20.4. The van der Waals surface area contributed by atoms with Crippen LogP contribution >= 0.6 is 15.9 Å². The molecule has 2 aromatic carbocycles. The van der Waals surface area contributed by atoms with Crippen LogP contribution in [0, 0.1) is 6.92 Å². The molecule has 0 aliphatic rings. The van der Waals surface area contributed by atoms with Gasteiger partial charge in [-0.3, -0.25) is 4.79 Å². The number of halogens is 1. The molecule has 5 nitrogen and oxygen atoms in total. The minimum atomic E-state index is -3.82. The van der Waals surface area contributed by atoms with Crippen molar-refractivity contribution in [2.24, 2.45) is 0 Å². The second-order valence-electron chi connectivity index (χ2n) is 5.81. The first-order valence-electron chi connectivity index (χ1n) is 8.02. The number of sulfonamides is 1. The van der Waals surface area contributed by atoms with Gasteiger partial charge in [0, 0.05) is 17.6 Å². The van der Waals surface area contributed by atoms with Crippen LogP contribution < -0.4 is 5.32 Å². The van der Waals surface area contributed by atoms with Gasteiger partial charge >= 0.3 is 0 Å². The average molecular weight is 437 g/mol. The Balaban J connectivity index is 2.31. The van der Waals surface area contributed by atoms with E-state index in [1.807, 2.05) is 31.2 Å². The highest BCUT2D eigenvalue weighted by Gasteiger charge is 2.26. The smallest absolute Gasteiger partial charge is 0.243 e. The maximum atomic E-state index is 13.0. The van der Waals surface area contributed by atoms with Crippen LogP contribution in [0.25, 0.3) is 0 Å². The molecular weight excluding hydrogens is 416 g/mol. The molecule has 0 atom stereocenters. The summed E-state index contributed by atoms with van der Waals surface area (Å²) >= 11 is 3.30. The lowest BCUT2D eigenvalue weighted by Crippen LogP contribution is -2.40. The van der Waals surface area contributed by atoms with Crippen molar-refractivity contribution in [2.45, 2.75) is 18.4 Å². The van der Waals surface area contributed by atoms with Gasteiger partial charge in [-0.2, -0.15) is 4.31 Å². The molecule has 0 fully saturated rings. The zero-order valence-corrected chi connectivity index (χ0v) is 16.9. The highest BCUT2D eigenvalue weighted by molar-refractivity contribution is 9.10. The fraction of sp³-hybridized carbons (Fsp3) is 0.211. The van der Waals surface area contributed by atoms with Crippen LogP contribution in [0.3, 0.4) is 0 Å². The van der Waals surface area contributed by atoms with Gasteiger partial charge in [-0.1, -0.05) is 51.8 Å². The van der Waals surface area contributed by atoms with Crippen molar-refractivity contribution in [1.82, 2.24) is 9.62 Å². The second-order valence-corrected chi connectivity index (χ2v) is 8.66. The Labute approximate surface area is 162 Å². The molecule has 0 heterocycles. The molecule has 138 valence electrons. The summed E-state index contributed by atoms with van der Waals surface area (Å²) in [5, 5.41) is 2.62. The minimum Gasteiger partial charge on any atom is -0.351 e. The fourth-order valence-corrected chi connectivity index (χ4v) is 3.93. The van der Waals surface area contributed by atoms with E-state index in [0.29, 0.717) is 0 Å². The van der Waals surface area contributed by atoms with Gasteiger partial charge < -0.3 is 5.32 Å². The lowest BCUT2D eigenvalue weighted by atomic mass is 10.1. The summed E-state index contributed by atoms with van der Waals surface area (Å²) in [5.41, 5.74) is 1.90. The van der Waals surface area contributed by atoms with Gasteiger partial charge in [-0.25, -0.2) is 8.42 Å². The van der Waals surface area contributed by atoms with Crippen molar-refractivity contribution in [3.05, 3.63) is 76.8 Å². The lowest BCUT2D eigenvalue weighted by Gasteiger charge is -2.22. The molecular formula is C19H21BrN2O3S. The standard InChI is InChI=1S/C19H21BrN2O3S/c1-3-12-21-19(23)14-22(13-16-6-4-15(2)5-7-16)26(24,25)18-10-8-17(20)9-11-18/h3-11H,1,12-14H2,2H3,(H,21,23). The number of carbonyl (C=O) groups is 1. The zero-order valence-electron chi connectivity index (χ0n) is 14.5. The topological polar surface area (TPSA) is 66.5 Å².